The molecule has 0 amide bonds. The van der Waals surface area contributed by atoms with E-state index < -0.39 is 5.97 Å². The maximum atomic E-state index is 10.8. The summed E-state index contributed by atoms with van der Waals surface area (Å²) in [7, 11) is 4.00. The van der Waals surface area contributed by atoms with E-state index in [0.717, 1.165) is 24.3 Å². The van der Waals surface area contributed by atoms with Gasteiger partial charge in [-0.15, -0.1) is 0 Å². The zero-order valence-electron chi connectivity index (χ0n) is 11.1. The van der Waals surface area contributed by atoms with E-state index in [1.165, 1.54) is 0 Å². The van der Waals surface area contributed by atoms with Gasteiger partial charge in [-0.3, -0.25) is 4.90 Å². The highest BCUT2D eigenvalue weighted by Gasteiger charge is 2.06. The molecule has 2 rings (SSSR count). The Bertz CT molecular complexity index is 560. The summed E-state index contributed by atoms with van der Waals surface area (Å²) >= 11 is 0. The quantitative estimate of drug-likeness (QED) is 0.888. The van der Waals surface area contributed by atoms with Crippen LogP contribution in [-0.4, -0.2) is 32.6 Å². The number of aryl methyl sites for hydroxylation is 1. The molecule has 0 aliphatic carbocycles. The summed E-state index contributed by atoms with van der Waals surface area (Å²) in [4.78, 5) is 17.0. The summed E-state index contributed by atoms with van der Waals surface area (Å²) in [6.07, 6.45) is 3.63. The van der Waals surface area contributed by atoms with Gasteiger partial charge >= 0.3 is 5.97 Å². The summed E-state index contributed by atoms with van der Waals surface area (Å²) in [5, 5.41) is 8.84. The largest absolute Gasteiger partial charge is 0.478 e. The van der Waals surface area contributed by atoms with Gasteiger partial charge in [0.1, 0.15) is 0 Å². The van der Waals surface area contributed by atoms with Crippen LogP contribution in [0.4, 0.5) is 0 Å². The fourth-order valence-corrected chi connectivity index (χ4v) is 1.93. The van der Waals surface area contributed by atoms with E-state index in [9.17, 15) is 4.79 Å². The Morgan fingerprint density at radius 1 is 1.32 bits per heavy atom. The molecule has 0 saturated carbocycles. The Labute approximate surface area is 112 Å². The van der Waals surface area contributed by atoms with E-state index in [1.54, 1.807) is 18.5 Å². The van der Waals surface area contributed by atoms with Crippen molar-refractivity contribution in [1.82, 2.24) is 14.5 Å². The van der Waals surface area contributed by atoms with Gasteiger partial charge in [-0.1, -0.05) is 12.1 Å². The summed E-state index contributed by atoms with van der Waals surface area (Å²) in [5.74, 6) is -0.894. The molecular weight excluding hydrogens is 242 g/mol. The SMILES string of the molecule is CN(Cc1ccc(C(=O)O)cc1)Cc1cncn1C. The van der Waals surface area contributed by atoms with Crippen molar-refractivity contribution in [3.8, 4) is 0 Å². The maximum Gasteiger partial charge on any atom is 0.335 e. The highest BCUT2D eigenvalue weighted by molar-refractivity contribution is 5.87. The smallest absolute Gasteiger partial charge is 0.335 e. The van der Waals surface area contributed by atoms with Gasteiger partial charge < -0.3 is 9.67 Å². The number of hydrogen-bond acceptors (Lipinski definition) is 3. The fraction of sp³-hybridized carbons (Fsp3) is 0.286. The Hall–Kier alpha value is -2.14. The lowest BCUT2D eigenvalue weighted by molar-refractivity contribution is 0.0697. The van der Waals surface area contributed by atoms with Gasteiger partial charge in [0.25, 0.3) is 0 Å². The Morgan fingerprint density at radius 3 is 2.53 bits per heavy atom. The second kappa shape index (κ2) is 5.67. The lowest BCUT2D eigenvalue weighted by atomic mass is 10.1. The van der Waals surface area contributed by atoms with Crippen molar-refractivity contribution in [2.75, 3.05) is 7.05 Å². The Morgan fingerprint density at radius 2 is 2.00 bits per heavy atom. The number of rotatable bonds is 5. The molecule has 0 spiro atoms. The van der Waals surface area contributed by atoms with Crippen LogP contribution in [-0.2, 0) is 20.1 Å². The molecular formula is C14H17N3O2. The minimum atomic E-state index is -0.894. The first-order chi connectivity index (χ1) is 9.06. The molecule has 0 aliphatic rings. The van der Waals surface area contributed by atoms with Crippen LogP contribution in [0.15, 0.2) is 36.8 Å². The number of carboxylic acids is 1. The molecule has 0 radical (unpaired) electrons. The van der Waals surface area contributed by atoms with Crippen molar-refractivity contribution >= 4 is 5.97 Å². The van der Waals surface area contributed by atoms with Gasteiger partial charge in [-0.2, -0.15) is 0 Å². The van der Waals surface area contributed by atoms with Crippen molar-refractivity contribution < 1.29 is 9.90 Å². The average Bonchev–Trinajstić information content (AvgIpc) is 2.75. The van der Waals surface area contributed by atoms with Crippen LogP contribution in [0.1, 0.15) is 21.6 Å². The van der Waals surface area contributed by atoms with E-state index in [2.05, 4.69) is 9.88 Å². The molecule has 0 bridgehead atoms. The number of nitrogens with zero attached hydrogens (tertiary/aromatic N) is 3. The van der Waals surface area contributed by atoms with Crippen molar-refractivity contribution in [3.63, 3.8) is 0 Å². The molecule has 0 aliphatic heterocycles. The normalized spacial score (nSPS) is 10.9. The number of benzene rings is 1. The molecule has 0 fully saturated rings. The highest BCUT2D eigenvalue weighted by Crippen LogP contribution is 2.09. The van der Waals surface area contributed by atoms with Gasteiger partial charge in [0, 0.05) is 26.3 Å². The second-order valence-electron chi connectivity index (χ2n) is 4.67. The molecule has 1 heterocycles. The first kappa shape index (κ1) is 13.3. The molecule has 0 atom stereocenters. The summed E-state index contributed by atoms with van der Waals surface area (Å²) in [6, 6.07) is 6.97. The summed E-state index contributed by atoms with van der Waals surface area (Å²) in [5.41, 5.74) is 2.55. The molecule has 0 saturated heterocycles. The van der Waals surface area contributed by atoms with E-state index in [4.69, 9.17) is 5.11 Å². The molecule has 100 valence electrons. The van der Waals surface area contributed by atoms with Crippen molar-refractivity contribution in [2.24, 2.45) is 7.05 Å². The van der Waals surface area contributed by atoms with Gasteiger partial charge in [0.05, 0.1) is 17.6 Å². The molecule has 1 N–H and O–H groups in total. The lowest BCUT2D eigenvalue weighted by Gasteiger charge is -2.16. The Kier molecular flexibility index (Phi) is 3.97. The topological polar surface area (TPSA) is 58.4 Å². The maximum absolute atomic E-state index is 10.8. The van der Waals surface area contributed by atoms with Crippen LogP contribution in [0.2, 0.25) is 0 Å². The number of hydrogen-bond donors (Lipinski definition) is 1. The zero-order chi connectivity index (χ0) is 13.8. The molecule has 5 heteroatoms. The van der Waals surface area contributed by atoms with Crippen molar-refractivity contribution in [2.45, 2.75) is 13.1 Å². The van der Waals surface area contributed by atoms with Gasteiger partial charge in [0.15, 0.2) is 0 Å². The summed E-state index contributed by atoms with van der Waals surface area (Å²) in [6.45, 7) is 1.57. The minimum absolute atomic E-state index is 0.318. The van der Waals surface area contributed by atoms with Gasteiger partial charge in [-0.05, 0) is 24.7 Å². The van der Waals surface area contributed by atoms with Crippen molar-refractivity contribution in [1.29, 1.82) is 0 Å². The first-order valence-electron chi connectivity index (χ1n) is 6.02. The number of carbonyl (C=O) groups is 1. The average molecular weight is 259 g/mol. The number of carboxylic acid groups (broad SMARTS) is 1. The van der Waals surface area contributed by atoms with Crippen LogP contribution in [0.25, 0.3) is 0 Å². The van der Waals surface area contributed by atoms with Crippen LogP contribution in [0.5, 0.6) is 0 Å². The van der Waals surface area contributed by atoms with Crippen LogP contribution < -0.4 is 0 Å². The summed E-state index contributed by atoms with van der Waals surface area (Å²) < 4.78 is 1.99. The standard InChI is InChI=1S/C14H17N3O2/c1-16(9-13-7-15-10-17(13)2)8-11-3-5-12(6-4-11)14(18)19/h3-7,10H,8-9H2,1-2H3,(H,18,19). The lowest BCUT2D eigenvalue weighted by Crippen LogP contribution is -2.18. The molecule has 2 aromatic rings. The van der Waals surface area contributed by atoms with Crippen LogP contribution >= 0.6 is 0 Å². The third kappa shape index (κ3) is 3.42. The first-order valence-corrected chi connectivity index (χ1v) is 6.02. The number of aromatic nitrogens is 2. The third-order valence-corrected chi connectivity index (χ3v) is 3.00. The predicted molar refractivity (Wildman–Crippen MR) is 71.8 cm³/mol. The molecule has 1 aromatic heterocycles. The minimum Gasteiger partial charge on any atom is -0.478 e. The Balaban J connectivity index is 1.97. The second-order valence-corrected chi connectivity index (χ2v) is 4.67. The van der Waals surface area contributed by atoms with Gasteiger partial charge in [-0.25, -0.2) is 9.78 Å². The van der Waals surface area contributed by atoms with E-state index in [-0.39, 0.29) is 0 Å². The third-order valence-electron chi connectivity index (χ3n) is 3.00. The van der Waals surface area contributed by atoms with Gasteiger partial charge in [0.2, 0.25) is 0 Å². The number of aromatic carboxylic acids is 1. The molecule has 1 aromatic carbocycles. The number of imidazole rings is 1. The van der Waals surface area contributed by atoms with E-state index in [0.29, 0.717) is 5.56 Å². The van der Waals surface area contributed by atoms with Crippen LogP contribution in [0.3, 0.4) is 0 Å². The fourth-order valence-electron chi connectivity index (χ4n) is 1.93. The van der Waals surface area contributed by atoms with Crippen LogP contribution in [0, 0.1) is 0 Å². The molecule has 19 heavy (non-hydrogen) atoms. The van der Waals surface area contributed by atoms with E-state index >= 15 is 0 Å². The van der Waals surface area contributed by atoms with Crippen molar-refractivity contribution in [3.05, 3.63) is 53.6 Å². The predicted octanol–water partition coefficient (Wildman–Crippen LogP) is 1.75. The monoisotopic (exact) mass is 259 g/mol. The van der Waals surface area contributed by atoms with E-state index in [1.807, 2.05) is 37.0 Å². The molecule has 0 unspecified atom stereocenters. The highest BCUT2D eigenvalue weighted by atomic mass is 16.4. The molecule has 5 nitrogen and oxygen atoms in total. The zero-order valence-corrected chi connectivity index (χ0v) is 11.1.